The van der Waals surface area contributed by atoms with E-state index in [2.05, 4.69) is 15.0 Å². The van der Waals surface area contributed by atoms with Gasteiger partial charge in [-0.3, -0.25) is 20.2 Å². The first-order valence-corrected chi connectivity index (χ1v) is 8.35. The lowest BCUT2D eigenvalue weighted by atomic mass is 10.1. The summed E-state index contributed by atoms with van der Waals surface area (Å²) >= 11 is 1.21. The minimum Gasteiger partial charge on any atom is -0.493 e. The Balaban J connectivity index is 1.90. The van der Waals surface area contributed by atoms with Crippen LogP contribution in [-0.4, -0.2) is 29.5 Å². The van der Waals surface area contributed by atoms with E-state index >= 15 is 0 Å². The number of nitro groups is 1. The summed E-state index contributed by atoms with van der Waals surface area (Å²) in [5.74, 6) is -1.15. The first kappa shape index (κ1) is 18.0. The zero-order chi connectivity index (χ0) is 18.8. The zero-order valence-corrected chi connectivity index (χ0v) is 14.2. The van der Waals surface area contributed by atoms with Crippen LogP contribution in [0, 0.1) is 10.1 Å². The third-order valence-corrected chi connectivity index (χ3v) is 4.45. The molecule has 0 atom stereocenters. The van der Waals surface area contributed by atoms with Crippen molar-refractivity contribution in [2.45, 2.75) is 25.4 Å². The molecular formula is C15H13F2N3O5S. The van der Waals surface area contributed by atoms with Gasteiger partial charge >= 0.3 is 6.61 Å². The van der Waals surface area contributed by atoms with Gasteiger partial charge in [0.25, 0.3) is 11.6 Å². The molecule has 0 saturated heterocycles. The van der Waals surface area contributed by atoms with Crippen LogP contribution in [0.25, 0.3) is 0 Å². The fourth-order valence-corrected chi connectivity index (χ4v) is 3.09. The van der Waals surface area contributed by atoms with Gasteiger partial charge in [-0.2, -0.15) is 8.78 Å². The van der Waals surface area contributed by atoms with Crippen LogP contribution in [0.5, 0.6) is 11.5 Å². The van der Waals surface area contributed by atoms with E-state index in [0.717, 1.165) is 30.7 Å². The summed E-state index contributed by atoms with van der Waals surface area (Å²) in [5.41, 5.74) is -0.160. The molecule has 1 saturated carbocycles. The Bertz CT molecular complexity index is 854. The smallest absolute Gasteiger partial charge is 0.387 e. The van der Waals surface area contributed by atoms with Crippen LogP contribution >= 0.6 is 11.3 Å². The number of thiazole rings is 1. The minimum absolute atomic E-state index is 0.223. The Morgan fingerprint density at radius 3 is 2.73 bits per heavy atom. The molecule has 1 fully saturated rings. The number of carbonyl (C=O) groups is 1. The Morgan fingerprint density at radius 2 is 2.15 bits per heavy atom. The summed E-state index contributed by atoms with van der Waals surface area (Å²) < 4.78 is 34.0. The van der Waals surface area contributed by atoms with Gasteiger partial charge in [-0.15, -0.1) is 11.3 Å². The Hall–Kier alpha value is -2.82. The van der Waals surface area contributed by atoms with Gasteiger partial charge in [-0.05, 0) is 12.8 Å². The Morgan fingerprint density at radius 1 is 1.42 bits per heavy atom. The number of rotatable bonds is 7. The lowest BCUT2D eigenvalue weighted by Crippen LogP contribution is -2.15. The molecule has 138 valence electrons. The predicted octanol–water partition coefficient (Wildman–Crippen LogP) is 3.79. The monoisotopic (exact) mass is 385 g/mol. The number of anilines is 1. The molecule has 2 aromatic rings. The van der Waals surface area contributed by atoms with Crippen LogP contribution in [0.15, 0.2) is 17.5 Å². The molecule has 1 heterocycles. The SMILES string of the molecule is COc1cc(C(=O)Nc2nc(C3CC3)cs2)c([N+](=O)[O-])cc1OC(F)F. The summed E-state index contributed by atoms with van der Waals surface area (Å²) in [4.78, 5) is 27.1. The van der Waals surface area contributed by atoms with E-state index in [4.69, 9.17) is 4.74 Å². The van der Waals surface area contributed by atoms with Gasteiger partial charge in [0.1, 0.15) is 5.56 Å². The van der Waals surface area contributed by atoms with Crippen molar-refractivity contribution in [2.24, 2.45) is 0 Å². The molecule has 8 nitrogen and oxygen atoms in total. The second kappa shape index (κ2) is 7.20. The quantitative estimate of drug-likeness (QED) is 0.574. The maximum absolute atomic E-state index is 12.5. The van der Waals surface area contributed by atoms with Gasteiger partial charge < -0.3 is 9.47 Å². The average molecular weight is 385 g/mol. The number of nitrogens with zero attached hydrogens (tertiary/aromatic N) is 2. The number of nitro benzene ring substituents is 1. The van der Waals surface area contributed by atoms with Crippen LogP contribution in [0.4, 0.5) is 19.6 Å². The number of hydrogen-bond acceptors (Lipinski definition) is 7. The van der Waals surface area contributed by atoms with E-state index in [0.29, 0.717) is 11.0 Å². The molecule has 1 N–H and O–H groups in total. The first-order chi connectivity index (χ1) is 12.4. The van der Waals surface area contributed by atoms with Crippen LogP contribution < -0.4 is 14.8 Å². The molecule has 0 bridgehead atoms. The Labute approximate surface area is 149 Å². The molecule has 1 aliphatic carbocycles. The van der Waals surface area contributed by atoms with Gasteiger partial charge in [0, 0.05) is 17.4 Å². The molecule has 1 aromatic carbocycles. The molecule has 1 aromatic heterocycles. The highest BCUT2D eigenvalue weighted by molar-refractivity contribution is 7.14. The van der Waals surface area contributed by atoms with Crippen molar-refractivity contribution in [1.29, 1.82) is 0 Å². The van der Waals surface area contributed by atoms with Crippen molar-refractivity contribution in [1.82, 2.24) is 4.98 Å². The number of aromatic nitrogens is 1. The van der Waals surface area contributed by atoms with E-state index in [9.17, 15) is 23.7 Å². The van der Waals surface area contributed by atoms with Gasteiger partial charge in [-0.25, -0.2) is 4.98 Å². The molecule has 1 amide bonds. The van der Waals surface area contributed by atoms with Crippen molar-refractivity contribution in [3.05, 3.63) is 38.9 Å². The summed E-state index contributed by atoms with van der Waals surface area (Å²) in [6.45, 7) is -3.20. The number of ether oxygens (including phenoxy) is 2. The van der Waals surface area contributed by atoms with Crippen molar-refractivity contribution >= 4 is 28.1 Å². The normalized spacial score (nSPS) is 13.5. The van der Waals surface area contributed by atoms with E-state index in [1.54, 1.807) is 0 Å². The highest BCUT2D eigenvalue weighted by atomic mass is 32.1. The number of carbonyl (C=O) groups excluding carboxylic acids is 1. The predicted molar refractivity (Wildman–Crippen MR) is 88.3 cm³/mol. The number of nitrogens with one attached hydrogen (secondary N) is 1. The number of amides is 1. The molecule has 3 rings (SSSR count). The lowest BCUT2D eigenvalue weighted by Gasteiger charge is -2.11. The van der Waals surface area contributed by atoms with Crippen LogP contribution in [0.2, 0.25) is 0 Å². The van der Waals surface area contributed by atoms with Crippen molar-refractivity contribution in [3.63, 3.8) is 0 Å². The maximum atomic E-state index is 12.5. The zero-order valence-electron chi connectivity index (χ0n) is 13.4. The molecule has 0 radical (unpaired) electrons. The largest absolute Gasteiger partial charge is 0.493 e. The lowest BCUT2D eigenvalue weighted by molar-refractivity contribution is -0.385. The average Bonchev–Trinajstić information content (AvgIpc) is 3.33. The standard InChI is InChI=1S/C15H13F2N3O5S/c1-24-11-4-8(10(20(22)23)5-12(11)25-14(16)17)13(21)19-15-18-9(6-26-15)7-2-3-7/h4-7,14H,2-3H2,1H3,(H,18,19,21). The van der Waals surface area contributed by atoms with Gasteiger partial charge in [0.15, 0.2) is 16.6 Å². The topological polar surface area (TPSA) is 104 Å². The summed E-state index contributed by atoms with van der Waals surface area (Å²) in [7, 11) is 1.17. The number of hydrogen-bond donors (Lipinski definition) is 1. The van der Waals surface area contributed by atoms with Gasteiger partial charge in [0.05, 0.1) is 23.8 Å². The number of methoxy groups -OCH3 is 1. The van der Waals surface area contributed by atoms with E-state index < -0.39 is 28.9 Å². The van der Waals surface area contributed by atoms with Crippen molar-refractivity contribution < 1.29 is 28.0 Å². The Kier molecular flexibility index (Phi) is 4.98. The van der Waals surface area contributed by atoms with Gasteiger partial charge in [-0.1, -0.05) is 0 Å². The van der Waals surface area contributed by atoms with Crippen molar-refractivity contribution in [3.8, 4) is 11.5 Å². The van der Waals surface area contributed by atoms with Crippen LogP contribution in [0.1, 0.15) is 34.8 Å². The number of halogens is 2. The maximum Gasteiger partial charge on any atom is 0.387 e. The molecular weight excluding hydrogens is 372 g/mol. The second-order valence-electron chi connectivity index (χ2n) is 5.46. The number of benzene rings is 1. The second-order valence-corrected chi connectivity index (χ2v) is 6.32. The van der Waals surface area contributed by atoms with E-state index in [-0.39, 0.29) is 11.3 Å². The third kappa shape index (κ3) is 3.87. The fraction of sp³-hybridized carbons (Fsp3) is 0.333. The molecule has 0 unspecified atom stereocenters. The van der Waals surface area contributed by atoms with E-state index in [1.807, 2.05) is 5.38 Å². The summed E-state index contributed by atoms with van der Waals surface area (Å²) in [6.07, 6.45) is 2.09. The fourth-order valence-electron chi connectivity index (χ4n) is 2.30. The van der Waals surface area contributed by atoms with E-state index in [1.165, 1.54) is 18.4 Å². The minimum atomic E-state index is -3.20. The molecule has 0 aliphatic heterocycles. The van der Waals surface area contributed by atoms with Crippen molar-refractivity contribution in [2.75, 3.05) is 12.4 Å². The molecule has 1 aliphatic rings. The highest BCUT2D eigenvalue weighted by Gasteiger charge is 2.28. The van der Waals surface area contributed by atoms with Crippen LogP contribution in [-0.2, 0) is 0 Å². The summed E-state index contributed by atoms with van der Waals surface area (Å²) in [5, 5.41) is 15.9. The van der Waals surface area contributed by atoms with Crippen LogP contribution in [0.3, 0.4) is 0 Å². The summed E-state index contributed by atoms with van der Waals surface area (Å²) in [6, 6.07) is 1.72. The third-order valence-electron chi connectivity index (χ3n) is 3.68. The molecule has 11 heteroatoms. The molecule has 0 spiro atoms. The number of alkyl halides is 2. The first-order valence-electron chi connectivity index (χ1n) is 7.47. The highest BCUT2D eigenvalue weighted by Crippen LogP contribution is 2.41. The molecule has 26 heavy (non-hydrogen) atoms. The van der Waals surface area contributed by atoms with Gasteiger partial charge in [0.2, 0.25) is 0 Å².